The first kappa shape index (κ1) is 14.0. The fourth-order valence-corrected chi connectivity index (χ4v) is 1.02. The summed E-state index contributed by atoms with van der Waals surface area (Å²) in [4.78, 5) is 22.8. The average molecular weight is 248 g/mol. The first-order chi connectivity index (χ1) is 8.32. The fourth-order valence-electron chi connectivity index (χ4n) is 1.02. The minimum atomic E-state index is -1.03. The SMILES string of the molecule is C=Cc1ccc(OC(=O)OC(=O)C(C)(C)C)cc1. The van der Waals surface area contributed by atoms with Gasteiger partial charge in [-0.05, 0) is 38.5 Å². The highest BCUT2D eigenvalue weighted by Crippen LogP contribution is 2.17. The van der Waals surface area contributed by atoms with E-state index in [1.165, 1.54) is 0 Å². The van der Waals surface area contributed by atoms with Crippen molar-refractivity contribution in [2.45, 2.75) is 20.8 Å². The van der Waals surface area contributed by atoms with Crippen molar-refractivity contribution in [1.82, 2.24) is 0 Å². The van der Waals surface area contributed by atoms with E-state index in [4.69, 9.17) is 4.74 Å². The van der Waals surface area contributed by atoms with E-state index in [1.807, 2.05) is 0 Å². The predicted octanol–water partition coefficient (Wildman–Crippen LogP) is 3.42. The van der Waals surface area contributed by atoms with Crippen LogP contribution in [0.5, 0.6) is 5.75 Å². The molecule has 0 amide bonds. The zero-order chi connectivity index (χ0) is 13.8. The predicted molar refractivity (Wildman–Crippen MR) is 68.1 cm³/mol. The van der Waals surface area contributed by atoms with Crippen molar-refractivity contribution in [2.75, 3.05) is 0 Å². The van der Waals surface area contributed by atoms with Crippen LogP contribution in [0.4, 0.5) is 4.79 Å². The van der Waals surface area contributed by atoms with Crippen molar-refractivity contribution in [2.24, 2.45) is 5.41 Å². The van der Waals surface area contributed by atoms with E-state index in [-0.39, 0.29) is 0 Å². The van der Waals surface area contributed by atoms with E-state index < -0.39 is 17.5 Å². The minimum Gasteiger partial charge on any atom is -0.395 e. The highest BCUT2D eigenvalue weighted by molar-refractivity contribution is 5.86. The Morgan fingerprint density at radius 3 is 2.17 bits per heavy atom. The molecule has 0 aliphatic carbocycles. The lowest BCUT2D eigenvalue weighted by molar-refractivity contribution is -0.147. The van der Waals surface area contributed by atoms with E-state index in [2.05, 4.69) is 11.3 Å². The number of carbonyl (C=O) groups excluding carboxylic acids is 2. The van der Waals surface area contributed by atoms with Gasteiger partial charge in [0.05, 0.1) is 5.41 Å². The maximum absolute atomic E-state index is 11.4. The van der Waals surface area contributed by atoms with Crippen LogP contribution < -0.4 is 4.74 Å². The third-order valence-corrected chi connectivity index (χ3v) is 2.11. The second-order valence-electron chi connectivity index (χ2n) is 4.76. The van der Waals surface area contributed by atoms with Gasteiger partial charge in [-0.25, -0.2) is 4.79 Å². The molecule has 0 radical (unpaired) electrons. The Kier molecular flexibility index (Phi) is 4.26. The topological polar surface area (TPSA) is 52.6 Å². The molecular formula is C14H16O4. The molecule has 18 heavy (non-hydrogen) atoms. The standard InChI is InChI=1S/C14H16O4/c1-5-10-6-8-11(9-7-10)17-13(16)18-12(15)14(2,3)4/h5-9H,1H2,2-4H3. The van der Waals surface area contributed by atoms with Gasteiger partial charge in [-0.3, -0.25) is 4.79 Å². The lowest BCUT2D eigenvalue weighted by Gasteiger charge is -2.14. The molecule has 0 aliphatic rings. The Balaban J connectivity index is 2.59. The molecular weight excluding hydrogens is 232 g/mol. The molecule has 1 aromatic rings. The van der Waals surface area contributed by atoms with Gasteiger partial charge in [0.1, 0.15) is 5.75 Å². The lowest BCUT2D eigenvalue weighted by atomic mass is 9.98. The van der Waals surface area contributed by atoms with Crippen LogP contribution in [0.3, 0.4) is 0 Å². The van der Waals surface area contributed by atoms with Crippen LogP contribution in [-0.2, 0) is 9.53 Å². The third-order valence-electron chi connectivity index (χ3n) is 2.11. The number of esters is 1. The quantitative estimate of drug-likeness (QED) is 0.457. The van der Waals surface area contributed by atoms with Gasteiger partial charge >= 0.3 is 12.1 Å². The molecule has 0 spiro atoms. The summed E-state index contributed by atoms with van der Waals surface area (Å²) >= 11 is 0. The molecule has 0 aromatic heterocycles. The summed E-state index contributed by atoms with van der Waals surface area (Å²) in [7, 11) is 0. The number of carbonyl (C=O) groups is 2. The van der Waals surface area contributed by atoms with Crippen LogP contribution in [0, 0.1) is 5.41 Å². The summed E-state index contributed by atoms with van der Waals surface area (Å²) < 4.78 is 9.42. The lowest BCUT2D eigenvalue weighted by Crippen LogP contribution is -2.27. The second-order valence-corrected chi connectivity index (χ2v) is 4.76. The summed E-state index contributed by atoms with van der Waals surface area (Å²) in [5.74, 6) is -0.317. The van der Waals surface area contributed by atoms with Gasteiger partial charge in [0, 0.05) is 0 Å². The van der Waals surface area contributed by atoms with Crippen molar-refractivity contribution >= 4 is 18.2 Å². The molecule has 1 rings (SSSR count). The summed E-state index contributed by atoms with van der Waals surface area (Å²) in [6.07, 6.45) is 0.645. The molecule has 0 saturated heterocycles. The Bertz CT molecular complexity index is 452. The Labute approximate surface area is 106 Å². The van der Waals surface area contributed by atoms with Crippen molar-refractivity contribution in [3.8, 4) is 5.75 Å². The van der Waals surface area contributed by atoms with Crippen molar-refractivity contribution < 1.29 is 19.1 Å². The van der Waals surface area contributed by atoms with E-state index in [9.17, 15) is 9.59 Å². The third kappa shape index (κ3) is 4.05. The molecule has 0 saturated carbocycles. The molecule has 0 N–H and O–H groups in total. The maximum atomic E-state index is 11.4. The molecule has 4 heteroatoms. The molecule has 0 fully saturated rings. The van der Waals surface area contributed by atoms with E-state index >= 15 is 0 Å². The van der Waals surface area contributed by atoms with E-state index in [0.717, 1.165) is 5.56 Å². The van der Waals surface area contributed by atoms with Gasteiger partial charge in [-0.2, -0.15) is 0 Å². The smallest absolute Gasteiger partial charge is 0.395 e. The molecule has 0 bridgehead atoms. The van der Waals surface area contributed by atoms with Crippen LogP contribution in [0.25, 0.3) is 6.08 Å². The van der Waals surface area contributed by atoms with Crippen LogP contribution in [-0.4, -0.2) is 12.1 Å². The van der Waals surface area contributed by atoms with E-state index in [1.54, 1.807) is 51.1 Å². The number of ether oxygens (including phenoxy) is 2. The summed E-state index contributed by atoms with van der Waals surface area (Å²) in [5.41, 5.74) is 0.160. The minimum absolute atomic E-state index is 0.312. The monoisotopic (exact) mass is 248 g/mol. The fraction of sp³-hybridized carbons (Fsp3) is 0.286. The highest BCUT2D eigenvalue weighted by Gasteiger charge is 2.26. The largest absolute Gasteiger partial charge is 0.521 e. The van der Waals surface area contributed by atoms with Gasteiger partial charge in [-0.15, -0.1) is 0 Å². The molecule has 0 atom stereocenters. The van der Waals surface area contributed by atoms with Crippen molar-refractivity contribution in [3.63, 3.8) is 0 Å². The van der Waals surface area contributed by atoms with Gasteiger partial charge in [0.15, 0.2) is 0 Å². The van der Waals surface area contributed by atoms with Gasteiger partial charge in [0.25, 0.3) is 0 Å². The molecule has 0 unspecified atom stereocenters. The number of rotatable bonds is 2. The number of benzene rings is 1. The molecule has 0 aliphatic heterocycles. The first-order valence-corrected chi connectivity index (χ1v) is 5.49. The molecule has 4 nitrogen and oxygen atoms in total. The highest BCUT2D eigenvalue weighted by atomic mass is 16.7. The Morgan fingerprint density at radius 1 is 1.17 bits per heavy atom. The van der Waals surface area contributed by atoms with Gasteiger partial charge < -0.3 is 9.47 Å². The molecule has 96 valence electrons. The van der Waals surface area contributed by atoms with Crippen molar-refractivity contribution in [1.29, 1.82) is 0 Å². The van der Waals surface area contributed by atoms with Crippen LogP contribution >= 0.6 is 0 Å². The normalized spacial score (nSPS) is 10.6. The number of hydrogen-bond acceptors (Lipinski definition) is 4. The van der Waals surface area contributed by atoms with E-state index in [0.29, 0.717) is 5.75 Å². The van der Waals surface area contributed by atoms with Crippen LogP contribution in [0.15, 0.2) is 30.8 Å². The Hall–Kier alpha value is -2.10. The first-order valence-electron chi connectivity index (χ1n) is 5.49. The zero-order valence-electron chi connectivity index (χ0n) is 10.7. The number of hydrogen-bond donors (Lipinski definition) is 0. The van der Waals surface area contributed by atoms with Crippen LogP contribution in [0.2, 0.25) is 0 Å². The summed E-state index contributed by atoms with van der Waals surface area (Å²) in [5, 5.41) is 0. The zero-order valence-corrected chi connectivity index (χ0v) is 10.7. The second kappa shape index (κ2) is 5.49. The average Bonchev–Trinajstić information content (AvgIpc) is 2.28. The summed E-state index contributed by atoms with van der Waals surface area (Å²) in [6.45, 7) is 8.57. The van der Waals surface area contributed by atoms with Crippen molar-refractivity contribution in [3.05, 3.63) is 36.4 Å². The van der Waals surface area contributed by atoms with Crippen LogP contribution in [0.1, 0.15) is 26.3 Å². The van der Waals surface area contributed by atoms with Gasteiger partial charge in [0.2, 0.25) is 0 Å². The molecule has 1 aromatic carbocycles. The Morgan fingerprint density at radius 2 is 1.72 bits per heavy atom. The summed E-state index contributed by atoms with van der Waals surface area (Å²) in [6, 6.07) is 6.67. The van der Waals surface area contributed by atoms with Gasteiger partial charge in [-0.1, -0.05) is 24.8 Å². The molecule has 0 heterocycles. The maximum Gasteiger partial charge on any atom is 0.521 e.